The molecule has 0 bridgehead atoms. The first-order valence-corrected chi connectivity index (χ1v) is 23.2. The SMILES string of the molecule is CCCCCCCCCCCCCCCC(=O)O[C@H](COC(c1ccccc1)(c1ccccc1)c1ccccc1)COP(=O)(OCCBr)OCc1ccccc1. The number of hydrogen-bond acceptors (Lipinski definition) is 7. The maximum Gasteiger partial charge on any atom is 0.475 e. The van der Waals surface area contributed by atoms with Gasteiger partial charge in [-0.25, -0.2) is 4.57 Å². The number of carbonyl (C=O) groups excluding carboxylic acids is 1. The maximum atomic E-state index is 13.9. The molecule has 4 aromatic carbocycles. The van der Waals surface area contributed by atoms with E-state index in [0.29, 0.717) is 5.33 Å². The summed E-state index contributed by atoms with van der Waals surface area (Å²) in [6.07, 6.45) is 15.2. The summed E-state index contributed by atoms with van der Waals surface area (Å²) >= 11 is 3.34. The van der Waals surface area contributed by atoms with Crippen LogP contribution in [0, 0.1) is 0 Å². The van der Waals surface area contributed by atoms with E-state index in [0.717, 1.165) is 41.5 Å². The van der Waals surface area contributed by atoms with E-state index in [9.17, 15) is 9.36 Å². The number of ether oxygens (including phenoxy) is 2. The van der Waals surface area contributed by atoms with Crippen molar-refractivity contribution in [1.82, 2.24) is 0 Å². The number of carbonyl (C=O) groups is 1. The summed E-state index contributed by atoms with van der Waals surface area (Å²) in [7, 11) is -4.07. The third-order valence-electron chi connectivity index (χ3n) is 9.79. The Balaban J connectivity index is 1.44. The minimum absolute atomic E-state index is 0.0273. The smallest absolute Gasteiger partial charge is 0.457 e. The predicted octanol–water partition coefficient (Wildman–Crippen LogP) is 13.1. The summed E-state index contributed by atoms with van der Waals surface area (Å²) in [5, 5.41) is 0.434. The fourth-order valence-electron chi connectivity index (χ4n) is 6.79. The monoisotopic (exact) mass is 848 g/mol. The Labute approximate surface area is 344 Å². The lowest BCUT2D eigenvalue weighted by atomic mass is 9.80. The molecule has 0 aliphatic heterocycles. The van der Waals surface area contributed by atoms with E-state index in [-0.39, 0.29) is 38.8 Å². The fraction of sp³-hybridized carbons (Fsp3) is 0.468. The molecule has 304 valence electrons. The van der Waals surface area contributed by atoms with Crippen LogP contribution >= 0.6 is 23.8 Å². The molecule has 4 rings (SSSR count). The Morgan fingerprint density at radius 1 is 0.589 bits per heavy atom. The molecule has 0 aliphatic rings. The van der Waals surface area contributed by atoms with E-state index >= 15 is 0 Å². The minimum Gasteiger partial charge on any atom is -0.457 e. The van der Waals surface area contributed by atoms with Crippen molar-refractivity contribution in [2.24, 2.45) is 0 Å². The molecule has 2 atom stereocenters. The summed E-state index contributed by atoms with van der Waals surface area (Å²) in [5.74, 6) is -0.351. The molecule has 0 saturated carbocycles. The van der Waals surface area contributed by atoms with Crippen LogP contribution in [0.4, 0.5) is 0 Å². The lowest BCUT2D eigenvalue weighted by Crippen LogP contribution is -2.38. The van der Waals surface area contributed by atoms with Crippen molar-refractivity contribution in [2.45, 2.75) is 115 Å². The van der Waals surface area contributed by atoms with Crippen molar-refractivity contribution in [3.63, 3.8) is 0 Å². The van der Waals surface area contributed by atoms with Crippen molar-refractivity contribution in [3.8, 4) is 0 Å². The third kappa shape index (κ3) is 16.0. The van der Waals surface area contributed by atoms with Gasteiger partial charge in [-0.1, -0.05) is 221 Å². The van der Waals surface area contributed by atoms with Gasteiger partial charge in [0.15, 0.2) is 0 Å². The quantitative estimate of drug-likeness (QED) is 0.0170. The highest BCUT2D eigenvalue weighted by atomic mass is 79.9. The molecule has 0 radical (unpaired) electrons. The summed E-state index contributed by atoms with van der Waals surface area (Å²) in [6, 6.07) is 39.4. The zero-order valence-corrected chi connectivity index (χ0v) is 35.7. The summed E-state index contributed by atoms with van der Waals surface area (Å²) < 4.78 is 44.4. The molecular weight excluding hydrogens is 787 g/mol. The topological polar surface area (TPSA) is 80.3 Å². The van der Waals surface area contributed by atoms with Crippen LogP contribution in [0.5, 0.6) is 0 Å². The van der Waals surface area contributed by atoms with E-state index in [1.165, 1.54) is 64.2 Å². The highest BCUT2D eigenvalue weighted by Crippen LogP contribution is 2.50. The molecule has 56 heavy (non-hydrogen) atoms. The molecule has 0 N–H and O–H groups in total. The number of halogens is 1. The van der Waals surface area contributed by atoms with Gasteiger partial charge in [0.05, 0.1) is 26.4 Å². The molecule has 0 aliphatic carbocycles. The second-order valence-electron chi connectivity index (χ2n) is 14.2. The zero-order chi connectivity index (χ0) is 39.6. The number of alkyl halides is 1. The molecule has 7 nitrogen and oxygen atoms in total. The fourth-order valence-corrected chi connectivity index (χ4v) is 8.40. The van der Waals surface area contributed by atoms with Gasteiger partial charge in [-0.2, -0.15) is 0 Å². The lowest BCUT2D eigenvalue weighted by Gasteiger charge is -2.37. The van der Waals surface area contributed by atoms with Gasteiger partial charge in [0.2, 0.25) is 0 Å². The third-order valence-corrected chi connectivity index (χ3v) is 11.5. The molecule has 1 unspecified atom stereocenters. The Morgan fingerprint density at radius 2 is 1.04 bits per heavy atom. The largest absolute Gasteiger partial charge is 0.475 e. The highest BCUT2D eigenvalue weighted by Gasteiger charge is 2.39. The van der Waals surface area contributed by atoms with Crippen LogP contribution in [-0.2, 0) is 44.6 Å². The second kappa shape index (κ2) is 26.7. The normalized spacial score (nSPS) is 13.2. The van der Waals surface area contributed by atoms with Gasteiger partial charge >= 0.3 is 13.8 Å². The van der Waals surface area contributed by atoms with Gasteiger partial charge in [-0.15, -0.1) is 0 Å². The Bertz CT molecular complexity index is 1550. The summed E-state index contributed by atoms with van der Waals surface area (Å²) in [6.45, 7) is 2.08. The molecule has 0 heterocycles. The van der Waals surface area contributed by atoms with E-state index in [2.05, 4.69) is 22.9 Å². The van der Waals surface area contributed by atoms with Crippen LogP contribution in [0.2, 0.25) is 0 Å². The van der Waals surface area contributed by atoms with Crippen LogP contribution in [0.1, 0.15) is 119 Å². The average molecular weight is 850 g/mol. The number of unbranched alkanes of at least 4 members (excludes halogenated alkanes) is 12. The number of hydrogen-bond donors (Lipinski definition) is 0. The standard InChI is InChI=1S/C47H62BrO7P/c1-2-3-4-5-6-7-8-9-10-11-12-13-26-35-46(49)55-45(40-54-56(50,52-37-36-48)53-38-41-27-18-14-19-28-41)39-51-47(42-29-20-15-21-30-42,43-31-22-16-23-32-43)44-33-24-17-25-34-44/h14-25,27-34,45H,2-13,26,35-40H2,1H3/t45-,56?/m1/s1. The van der Waals surface area contributed by atoms with Crippen LogP contribution in [0.25, 0.3) is 0 Å². The molecule has 0 fully saturated rings. The molecule has 0 spiro atoms. The van der Waals surface area contributed by atoms with Crippen molar-refractivity contribution in [3.05, 3.63) is 144 Å². The second-order valence-corrected chi connectivity index (χ2v) is 16.7. The van der Waals surface area contributed by atoms with Crippen molar-refractivity contribution in [1.29, 1.82) is 0 Å². The van der Waals surface area contributed by atoms with E-state index in [4.69, 9.17) is 23.0 Å². The predicted molar refractivity (Wildman–Crippen MR) is 230 cm³/mol. The van der Waals surface area contributed by atoms with Crippen LogP contribution < -0.4 is 0 Å². The van der Waals surface area contributed by atoms with Crippen molar-refractivity contribution in [2.75, 3.05) is 25.2 Å². The van der Waals surface area contributed by atoms with Crippen LogP contribution in [0.15, 0.2) is 121 Å². The molecule has 0 aromatic heterocycles. The first-order chi connectivity index (χ1) is 27.5. The summed E-state index contributed by atoms with van der Waals surface area (Å²) in [4.78, 5) is 13.4. The Kier molecular flexibility index (Phi) is 21.8. The van der Waals surface area contributed by atoms with Gasteiger partial charge in [0, 0.05) is 11.8 Å². The van der Waals surface area contributed by atoms with E-state index < -0.39 is 19.5 Å². The average Bonchev–Trinajstić information content (AvgIpc) is 3.24. The van der Waals surface area contributed by atoms with Gasteiger partial charge in [0.25, 0.3) is 0 Å². The maximum absolute atomic E-state index is 13.9. The van der Waals surface area contributed by atoms with Crippen molar-refractivity contribution >= 4 is 29.7 Å². The minimum atomic E-state index is -4.07. The Morgan fingerprint density at radius 3 is 1.50 bits per heavy atom. The molecule has 4 aromatic rings. The Hall–Kier alpha value is -3.10. The van der Waals surface area contributed by atoms with Crippen LogP contribution in [0.3, 0.4) is 0 Å². The molecule has 0 saturated heterocycles. The number of esters is 1. The van der Waals surface area contributed by atoms with Crippen molar-refractivity contribution < 1.29 is 32.4 Å². The molecule has 9 heteroatoms. The molecular formula is C47H62BrO7P. The van der Waals surface area contributed by atoms with Crippen LogP contribution in [-0.4, -0.2) is 37.2 Å². The lowest BCUT2D eigenvalue weighted by molar-refractivity contribution is -0.157. The highest BCUT2D eigenvalue weighted by molar-refractivity contribution is 9.09. The van der Waals surface area contributed by atoms with Gasteiger partial charge < -0.3 is 9.47 Å². The van der Waals surface area contributed by atoms with Gasteiger partial charge in [0.1, 0.15) is 11.7 Å². The number of phosphoric ester groups is 1. The zero-order valence-electron chi connectivity index (χ0n) is 33.2. The molecule has 0 amide bonds. The number of benzene rings is 4. The van der Waals surface area contributed by atoms with E-state index in [1.807, 2.05) is 121 Å². The van der Waals surface area contributed by atoms with Gasteiger partial charge in [-0.3, -0.25) is 18.4 Å². The van der Waals surface area contributed by atoms with Gasteiger partial charge in [-0.05, 0) is 28.7 Å². The number of phosphoric acid groups is 1. The van der Waals surface area contributed by atoms with E-state index in [1.54, 1.807) is 0 Å². The number of rotatable bonds is 30. The summed E-state index contributed by atoms with van der Waals surface area (Å²) in [5.41, 5.74) is 2.50. The first-order valence-electron chi connectivity index (χ1n) is 20.6. The first kappa shape index (κ1) is 45.6.